The highest BCUT2D eigenvalue weighted by Crippen LogP contribution is 2.32. The molecule has 0 saturated heterocycles. The summed E-state index contributed by atoms with van der Waals surface area (Å²) in [7, 11) is 1.59. The van der Waals surface area contributed by atoms with Crippen LogP contribution in [0.1, 0.15) is 17.5 Å². The molecule has 0 spiro atoms. The molecule has 1 atom stereocenters. The van der Waals surface area contributed by atoms with E-state index in [1.54, 1.807) is 54.5 Å². The zero-order chi connectivity index (χ0) is 24.6. The molecule has 0 unspecified atom stereocenters. The summed E-state index contributed by atoms with van der Waals surface area (Å²) in [5, 5.41) is 12.4. The minimum atomic E-state index is -1.45. The van der Waals surface area contributed by atoms with Gasteiger partial charge in [-0.25, -0.2) is 0 Å². The van der Waals surface area contributed by atoms with Gasteiger partial charge in [-0.2, -0.15) is 0 Å². The van der Waals surface area contributed by atoms with Crippen LogP contribution in [0.4, 0.5) is 0 Å². The van der Waals surface area contributed by atoms with Crippen LogP contribution in [0.25, 0.3) is 0 Å². The van der Waals surface area contributed by atoms with Crippen molar-refractivity contribution in [3.63, 3.8) is 0 Å². The fraction of sp³-hybridized carbons (Fsp3) is 0.269. The van der Waals surface area contributed by atoms with Gasteiger partial charge in [0.05, 0.1) is 17.2 Å². The summed E-state index contributed by atoms with van der Waals surface area (Å²) in [6.45, 7) is 0.567. The zero-order valence-corrected chi connectivity index (χ0v) is 21.0. The molecule has 3 aromatic carbocycles. The van der Waals surface area contributed by atoms with E-state index >= 15 is 0 Å². The molecule has 0 fully saturated rings. The van der Waals surface area contributed by atoms with Crippen molar-refractivity contribution >= 4 is 40.7 Å². The van der Waals surface area contributed by atoms with Gasteiger partial charge in [0.2, 0.25) is 5.91 Å². The van der Waals surface area contributed by atoms with Crippen molar-refractivity contribution in [3.8, 4) is 11.5 Å². The van der Waals surface area contributed by atoms with Crippen molar-refractivity contribution in [3.05, 3.63) is 94.0 Å². The third-order valence-corrected chi connectivity index (χ3v) is 6.44. The number of carbonyl (C=O) groups excluding carboxylic acids is 1. The first-order chi connectivity index (χ1) is 16.3. The van der Waals surface area contributed by atoms with Crippen LogP contribution in [-0.2, 0) is 16.9 Å². The van der Waals surface area contributed by atoms with Crippen LogP contribution < -0.4 is 9.47 Å². The van der Waals surface area contributed by atoms with Crippen molar-refractivity contribution < 1.29 is 19.4 Å². The van der Waals surface area contributed by atoms with Gasteiger partial charge < -0.3 is 19.5 Å². The van der Waals surface area contributed by atoms with Crippen LogP contribution in [0.2, 0.25) is 10.0 Å². The Morgan fingerprint density at radius 1 is 0.971 bits per heavy atom. The van der Waals surface area contributed by atoms with Gasteiger partial charge in [-0.1, -0.05) is 59.6 Å². The molecule has 3 aromatic rings. The van der Waals surface area contributed by atoms with Crippen LogP contribution in [0.5, 0.6) is 11.5 Å². The molecule has 0 bridgehead atoms. The summed E-state index contributed by atoms with van der Waals surface area (Å²) in [6, 6.07) is 21.6. The Balaban J connectivity index is 1.82. The Labute approximate surface area is 214 Å². The second kappa shape index (κ2) is 12.3. The fourth-order valence-corrected chi connectivity index (χ4v) is 3.93. The van der Waals surface area contributed by atoms with Gasteiger partial charge in [-0.05, 0) is 47.5 Å². The number of aliphatic hydroxyl groups is 1. The van der Waals surface area contributed by atoms with Crippen LogP contribution in [0.15, 0.2) is 72.8 Å². The van der Waals surface area contributed by atoms with E-state index in [1.807, 2.05) is 30.3 Å². The quantitative estimate of drug-likeness (QED) is 0.317. The number of ether oxygens (including phenoxy) is 2. The lowest BCUT2D eigenvalue weighted by molar-refractivity contribution is -0.130. The molecule has 3 rings (SSSR count). The molecule has 1 N–H and O–H groups in total. The molecule has 0 aliphatic carbocycles. The number of hydrogen-bond acceptors (Lipinski definition) is 4. The van der Waals surface area contributed by atoms with Crippen LogP contribution in [0, 0.1) is 0 Å². The number of halogens is 3. The second-order valence-electron chi connectivity index (χ2n) is 7.81. The maximum atomic E-state index is 12.5. The van der Waals surface area contributed by atoms with Crippen molar-refractivity contribution in [1.29, 1.82) is 0 Å². The van der Waals surface area contributed by atoms with Crippen LogP contribution in [-0.4, -0.2) is 42.1 Å². The number of alkyl halides is 1. The van der Waals surface area contributed by atoms with E-state index in [0.29, 0.717) is 33.7 Å². The average Bonchev–Trinajstić information content (AvgIpc) is 2.87. The Morgan fingerprint density at radius 2 is 1.65 bits per heavy atom. The number of benzene rings is 3. The molecular formula is C26H26Cl3NO4. The molecule has 0 radical (unpaired) electrons. The highest BCUT2D eigenvalue weighted by atomic mass is 35.5. The van der Waals surface area contributed by atoms with E-state index in [0.717, 1.165) is 5.56 Å². The molecule has 0 aromatic heterocycles. The summed E-state index contributed by atoms with van der Waals surface area (Å²) in [6.07, 6.45) is 0.191. The summed E-state index contributed by atoms with van der Waals surface area (Å²) in [5.74, 6) is 0.888. The van der Waals surface area contributed by atoms with E-state index in [9.17, 15) is 9.90 Å². The first kappa shape index (κ1) is 26.2. The maximum Gasteiger partial charge on any atom is 0.237 e. The lowest BCUT2D eigenvalue weighted by Crippen LogP contribution is -2.40. The highest BCUT2D eigenvalue weighted by Gasteiger charge is 2.32. The smallest absolute Gasteiger partial charge is 0.237 e. The van der Waals surface area contributed by atoms with Gasteiger partial charge >= 0.3 is 0 Å². The monoisotopic (exact) mass is 521 g/mol. The van der Waals surface area contributed by atoms with Gasteiger partial charge in [0, 0.05) is 19.5 Å². The van der Waals surface area contributed by atoms with Crippen molar-refractivity contribution in [1.82, 2.24) is 4.90 Å². The van der Waals surface area contributed by atoms with E-state index in [-0.39, 0.29) is 31.4 Å². The summed E-state index contributed by atoms with van der Waals surface area (Å²) in [5.41, 5.74) is 0.0531. The number of nitrogens with zero attached hydrogens (tertiary/aromatic N) is 1. The first-order valence-electron chi connectivity index (χ1n) is 10.7. The number of methoxy groups -OCH3 is 1. The molecule has 0 aliphatic heterocycles. The third-order valence-electron chi connectivity index (χ3n) is 5.47. The topological polar surface area (TPSA) is 59.0 Å². The largest absolute Gasteiger partial charge is 0.497 e. The third kappa shape index (κ3) is 7.03. The number of rotatable bonds is 11. The number of carbonyl (C=O) groups is 1. The molecule has 5 nitrogen and oxygen atoms in total. The molecular weight excluding hydrogens is 497 g/mol. The molecule has 0 aliphatic rings. The maximum absolute atomic E-state index is 12.5. The lowest BCUT2D eigenvalue weighted by Gasteiger charge is -2.32. The Bertz CT molecular complexity index is 1080. The molecule has 8 heteroatoms. The first-order valence-corrected chi connectivity index (χ1v) is 12.0. The van der Waals surface area contributed by atoms with E-state index < -0.39 is 5.60 Å². The van der Waals surface area contributed by atoms with E-state index in [4.69, 9.17) is 44.3 Å². The summed E-state index contributed by atoms with van der Waals surface area (Å²) < 4.78 is 11.1. The van der Waals surface area contributed by atoms with Gasteiger partial charge in [0.15, 0.2) is 0 Å². The van der Waals surface area contributed by atoms with Crippen LogP contribution >= 0.6 is 34.8 Å². The predicted octanol–water partition coefficient (Wildman–Crippen LogP) is 5.93. The molecule has 0 saturated carbocycles. The van der Waals surface area contributed by atoms with Gasteiger partial charge in [0.25, 0.3) is 0 Å². The number of amides is 1. The molecule has 0 heterocycles. The van der Waals surface area contributed by atoms with Gasteiger partial charge in [0.1, 0.15) is 29.6 Å². The Kier molecular flexibility index (Phi) is 9.48. The summed E-state index contributed by atoms with van der Waals surface area (Å²) >= 11 is 18.2. The zero-order valence-electron chi connectivity index (χ0n) is 18.7. The fourth-order valence-electron chi connectivity index (χ4n) is 3.46. The minimum absolute atomic E-state index is 0.0640. The Morgan fingerprint density at radius 3 is 2.26 bits per heavy atom. The van der Waals surface area contributed by atoms with E-state index in [2.05, 4.69) is 0 Å². The van der Waals surface area contributed by atoms with Gasteiger partial charge in [-0.3, -0.25) is 4.79 Å². The molecule has 34 heavy (non-hydrogen) atoms. The second-order valence-corrected chi connectivity index (χ2v) is 8.89. The molecule has 1 amide bonds. The standard InChI is InChI=1S/C26H26Cl3NO4/c1-33-21-8-10-22(11-9-21)34-18-26(32,20-7-12-23(28)24(29)15-20)13-14-30(25(31)16-27)17-19-5-3-2-4-6-19/h2-12,15,32H,13-14,16-18H2,1H3/t26-/m1/s1. The van der Waals surface area contributed by atoms with Crippen LogP contribution in [0.3, 0.4) is 0 Å². The van der Waals surface area contributed by atoms with Gasteiger partial charge in [-0.15, -0.1) is 11.6 Å². The summed E-state index contributed by atoms with van der Waals surface area (Å²) in [4.78, 5) is 14.2. The normalized spacial score (nSPS) is 12.6. The lowest BCUT2D eigenvalue weighted by atomic mass is 9.90. The average molecular weight is 523 g/mol. The highest BCUT2D eigenvalue weighted by molar-refractivity contribution is 6.42. The minimum Gasteiger partial charge on any atom is -0.497 e. The Hall–Kier alpha value is -2.44. The predicted molar refractivity (Wildman–Crippen MR) is 136 cm³/mol. The SMILES string of the molecule is COc1ccc(OC[C@](O)(CCN(Cc2ccccc2)C(=O)CCl)c2ccc(Cl)c(Cl)c2)cc1. The van der Waals surface area contributed by atoms with Crippen molar-refractivity contribution in [2.24, 2.45) is 0 Å². The molecule has 180 valence electrons. The van der Waals surface area contributed by atoms with Crippen molar-refractivity contribution in [2.75, 3.05) is 26.1 Å². The van der Waals surface area contributed by atoms with E-state index in [1.165, 1.54) is 0 Å². The number of hydrogen-bond donors (Lipinski definition) is 1. The van der Waals surface area contributed by atoms with Crippen molar-refractivity contribution in [2.45, 2.75) is 18.6 Å².